The molecule has 2 aromatic rings. The second-order valence-corrected chi connectivity index (χ2v) is 9.17. The summed E-state index contributed by atoms with van der Waals surface area (Å²) < 4.78 is 0. The van der Waals surface area contributed by atoms with Gasteiger partial charge in [0.1, 0.15) is 0 Å². The van der Waals surface area contributed by atoms with Crippen molar-refractivity contribution in [2.75, 3.05) is 13.1 Å². The van der Waals surface area contributed by atoms with Crippen molar-refractivity contribution in [3.05, 3.63) is 56.8 Å². The van der Waals surface area contributed by atoms with Gasteiger partial charge in [-0.25, -0.2) is 0 Å². The first kappa shape index (κ1) is 18.7. The molecule has 2 heterocycles. The number of aryl methyl sites for hydroxylation is 1. The number of carbonyl (C=O) groups is 1. The number of nitrogens with zero attached hydrogens (tertiary/aromatic N) is 1. The van der Waals surface area contributed by atoms with E-state index in [1.54, 1.807) is 5.56 Å². The lowest BCUT2D eigenvalue weighted by Gasteiger charge is -2.36. The Morgan fingerprint density at radius 3 is 2.67 bits per heavy atom. The zero-order valence-corrected chi connectivity index (χ0v) is 17.3. The van der Waals surface area contributed by atoms with Crippen LogP contribution in [-0.2, 0) is 17.6 Å². The van der Waals surface area contributed by atoms with Crippen molar-refractivity contribution in [2.24, 2.45) is 0 Å². The molecule has 27 heavy (non-hydrogen) atoms. The molecule has 0 radical (unpaired) electrons. The Hall–Kier alpha value is -1.65. The van der Waals surface area contributed by atoms with E-state index in [4.69, 9.17) is 0 Å². The van der Waals surface area contributed by atoms with Crippen molar-refractivity contribution < 1.29 is 4.79 Å². The molecule has 3 nitrogen and oxygen atoms in total. The number of fused-ring (bicyclic) bond motifs is 1. The van der Waals surface area contributed by atoms with E-state index >= 15 is 0 Å². The van der Waals surface area contributed by atoms with Gasteiger partial charge in [-0.15, -0.1) is 11.3 Å². The van der Waals surface area contributed by atoms with Gasteiger partial charge in [-0.3, -0.25) is 9.69 Å². The van der Waals surface area contributed by atoms with Crippen LogP contribution in [0.3, 0.4) is 0 Å². The zero-order valence-electron chi connectivity index (χ0n) is 16.5. The number of nitrogens with one attached hydrogen (secondary N) is 1. The third kappa shape index (κ3) is 3.83. The van der Waals surface area contributed by atoms with Crippen LogP contribution >= 0.6 is 11.3 Å². The maximum Gasteiger partial charge on any atom is 0.234 e. The highest BCUT2D eigenvalue weighted by atomic mass is 32.1. The quantitative estimate of drug-likeness (QED) is 0.818. The van der Waals surface area contributed by atoms with Gasteiger partial charge in [-0.1, -0.05) is 50.1 Å². The Labute approximate surface area is 166 Å². The second-order valence-electron chi connectivity index (χ2n) is 7.92. The normalized spacial score (nSPS) is 20.6. The summed E-state index contributed by atoms with van der Waals surface area (Å²) in [6.45, 7) is 5.96. The number of thiophene rings is 1. The predicted octanol–water partition coefficient (Wildman–Crippen LogP) is 4.63. The molecule has 0 saturated heterocycles. The summed E-state index contributed by atoms with van der Waals surface area (Å²) in [5.74, 6) is 0.190. The van der Waals surface area contributed by atoms with Crippen LogP contribution in [0.2, 0.25) is 0 Å². The van der Waals surface area contributed by atoms with Crippen LogP contribution in [0.15, 0.2) is 30.3 Å². The number of amides is 1. The van der Waals surface area contributed by atoms with Crippen molar-refractivity contribution in [2.45, 2.75) is 64.5 Å². The van der Waals surface area contributed by atoms with Crippen molar-refractivity contribution in [3.8, 4) is 0 Å². The fourth-order valence-corrected chi connectivity index (χ4v) is 6.32. The number of rotatable bonds is 5. The molecule has 0 unspecified atom stereocenters. The van der Waals surface area contributed by atoms with Crippen molar-refractivity contribution in [1.29, 1.82) is 0 Å². The summed E-state index contributed by atoms with van der Waals surface area (Å²) >= 11 is 1.93. The summed E-state index contributed by atoms with van der Waals surface area (Å²) in [4.78, 5) is 18.0. The van der Waals surface area contributed by atoms with E-state index in [-0.39, 0.29) is 11.9 Å². The van der Waals surface area contributed by atoms with Crippen LogP contribution in [0.1, 0.15) is 65.1 Å². The topological polar surface area (TPSA) is 32.3 Å². The van der Waals surface area contributed by atoms with E-state index < -0.39 is 0 Å². The van der Waals surface area contributed by atoms with E-state index in [2.05, 4.69) is 54.4 Å². The standard InChI is InChI=1S/C23H30N2OS/c1-3-19-16(2)27-23-20(19)13-14-25(22(23)17-9-5-4-6-10-17)15-21(26)24-18-11-7-8-12-18/h4-6,9-10,18,22H,3,7-8,11-15H2,1-2H3,(H,24,26)/t22-/m0/s1. The fourth-order valence-electron chi connectivity index (χ4n) is 4.85. The highest BCUT2D eigenvalue weighted by Crippen LogP contribution is 2.42. The number of benzene rings is 1. The van der Waals surface area contributed by atoms with E-state index in [1.807, 2.05) is 11.3 Å². The van der Waals surface area contributed by atoms with Crippen LogP contribution in [0.5, 0.6) is 0 Å². The van der Waals surface area contributed by atoms with E-state index in [9.17, 15) is 4.79 Å². The van der Waals surface area contributed by atoms with Gasteiger partial charge in [0, 0.05) is 22.3 Å². The molecular formula is C23H30N2OS. The lowest BCUT2D eigenvalue weighted by molar-refractivity contribution is -0.123. The summed E-state index contributed by atoms with van der Waals surface area (Å²) in [5, 5.41) is 3.27. The van der Waals surface area contributed by atoms with Crippen LogP contribution < -0.4 is 5.32 Å². The molecule has 144 valence electrons. The molecule has 1 amide bonds. The van der Waals surface area contributed by atoms with Gasteiger partial charge in [-0.2, -0.15) is 0 Å². The average Bonchev–Trinajstić information content (AvgIpc) is 3.28. The molecule has 4 heteroatoms. The van der Waals surface area contributed by atoms with Crippen LogP contribution in [0.25, 0.3) is 0 Å². The molecule has 4 rings (SSSR count). The Bertz CT molecular complexity index is 792. The SMILES string of the molecule is CCc1c(C)sc2c1CCN(CC(=O)NC1CCCC1)[C@H]2c1ccccc1. The van der Waals surface area contributed by atoms with Gasteiger partial charge >= 0.3 is 0 Å². The van der Waals surface area contributed by atoms with Crippen LogP contribution in [-0.4, -0.2) is 29.9 Å². The lowest BCUT2D eigenvalue weighted by Crippen LogP contribution is -2.44. The van der Waals surface area contributed by atoms with E-state index in [0.717, 1.165) is 32.2 Å². The summed E-state index contributed by atoms with van der Waals surface area (Å²) in [6, 6.07) is 11.3. The van der Waals surface area contributed by atoms with Crippen molar-refractivity contribution >= 4 is 17.2 Å². The molecule has 1 fully saturated rings. The highest BCUT2D eigenvalue weighted by molar-refractivity contribution is 7.12. The minimum Gasteiger partial charge on any atom is -0.352 e. The molecule has 0 spiro atoms. The predicted molar refractivity (Wildman–Crippen MR) is 112 cm³/mol. The van der Waals surface area contributed by atoms with Crippen LogP contribution in [0, 0.1) is 6.92 Å². The molecule has 1 aromatic carbocycles. The molecule has 2 aliphatic rings. The molecule has 1 aliphatic carbocycles. The Morgan fingerprint density at radius 1 is 1.22 bits per heavy atom. The van der Waals surface area contributed by atoms with E-state index in [1.165, 1.54) is 33.7 Å². The molecular weight excluding hydrogens is 352 g/mol. The summed E-state index contributed by atoms with van der Waals surface area (Å²) in [7, 11) is 0. The molecule has 0 bridgehead atoms. The van der Waals surface area contributed by atoms with Gasteiger partial charge in [0.05, 0.1) is 12.6 Å². The van der Waals surface area contributed by atoms with Gasteiger partial charge in [-0.05, 0) is 49.3 Å². The van der Waals surface area contributed by atoms with Crippen molar-refractivity contribution in [1.82, 2.24) is 10.2 Å². The minimum atomic E-state index is 0.190. The average molecular weight is 383 g/mol. The number of hydrogen-bond acceptors (Lipinski definition) is 3. The van der Waals surface area contributed by atoms with Gasteiger partial charge in [0.25, 0.3) is 0 Å². The highest BCUT2D eigenvalue weighted by Gasteiger charge is 2.33. The first-order chi connectivity index (χ1) is 13.2. The maximum absolute atomic E-state index is 12.7. The fraction of sp³-hybridized carbons (Fsp3) is 0.522. The largest absolute Gasteiger partial charge is 0.352 e. The number of hydrogen-bond donors (Lipinski definition) is 1. The Kier molecular flexibility index (Phi) is 5.65. The minimum absolute atomic E-state index is 0.190. The first-order valence-corrected chi connectivity index (χ1v) is 11.2. The third-order valence-electron chi connectivity index (χ3n) is 6.15. The third-order valence-corrected chi connectivity index (χ3v) is 7.39. The molecule has 1 N–H and O–H groups in total. The summed E-state index contributed by atoms with van der Waals surface area (Å²) in [6.07, 6.45) is 6.94. The second kappa shape index (κ2) is 8.15. The lowest BCUT2D eigenvalue weighted by atomic mass is 9.91. The molecule has 1 aromatic heterocycles. The molecule has 1 atom stereocenters. The maximum atomic E-state index is 12.7. The summed E-state index contributed by atoms with van der Waals surface area (Å²) in [5.41, 5.74) is 4.38. The molecule has 1 saturated carbocycles. The number of carbonyl (C=O) groups excluding carboxylic acids is 1. The monoisotopic (exact) mass is 382 g/mol. The smallest absolute Gasteiger partial charge is 0.234 e. The van der Waals surface area contributed by atoms with Gasteiger partial charge < -0.3 is 5.32 Å². The van der Waals surface area contributed by atoms with Crippen LogP contribution in [0.4, 0.5) is 0 Å². The Balaban J connectivity index is 1.61. The zero-order chi connectivity index (χ0) is 18.8. The molecule has 1 aliphatic heterocycles. The van der Waals surface area contributed by atoms with Crippen molar-refractivity contribution in [3.63, 3.8) is 0 Å². The van der Waals surface area contributed by atoms with Gasteiger partial charge in [0.15, 0.2) is 0 Å². The van der Waals surface area contributed by atoms with E-state index in [0.29, 0.717) is 12.6 Å². The Morgan fingerprint density at radius 2 is 1.96 bits per heavy atom. The first-order valence-electron chi connectivity index (χ1n) is 10.4. The van der Waals surface area contributed by atoms with Gasteiger partial charge in [0.2, 0.25) is 5.91 Å².